The lowest BCUT2D eigenvalue weighted by molar-refractivity contribution is -0.0287. The maximum Gasteiger partial charge on any atom is 0.407 e. The van der Waals surface area contributed by atoms with E-state index in [9.17, 15) is 9.90 Å². The minimum atomic E-state index is -0.803. The van der Waals surface area contributed by atoms with E-state index in [0.717, 1.165) is 13.1 Å². The van der Waals surface area contributed by atoms with E-state index in [-0.39, 0.29) is 6.54 Å². The molecule has 0 radical (unpaired) electrons. The quantitative estimate of drug-likeness (QED) is 0.821. The molecule has 1 fully saturated rings. The van der Waals surface area contributed by atoms with Crippen LogP contribution in [0.2, 0.25) is 0 Å². The van der Waals surface area contributed by atoms with Crippen molar-refractivity contribution >= 4 is 6.09 Å². The summed E-state index contributed by atoms with van der Waals surface area (Å²) < 4.78 is 5.16. The summed E-state index contributed by atoms with van der Waals surface area (Å²) in [4.78, 5) is 13.9. The van der Waals surface area contributed by atoms with Gasteiger partial charge in [-0.05, 0) is 47.5 Å². The number of likely N-dealkylation sites (tertiary alicyclic amines) is 1. The number of nitrogens with zero attached hydrogens (tertiary/aromatic N) is 1. The van der Waals surface area contributed by atoms with Crippen molar-refractivity contribution < 1.29 is 14.6 Å². The van der Waals surface area contributed by atoms with Crippen LogP contribution in [0, 0.1) is 0 Å². The van der Waals surface area contributed by atoms with Crippen LogP contribution in [0.5, 0.6) is 0 Å². The van der Waals surface area contributed by atoms with Crippen molar-refractivity contribution in [2.45, 2.75) is 64.7 Å². The summed E-state index contributed by atoms with van der Waals surface area (Å²) in [7, 11) is 0. The number of hydrogen-bond donors (Lipinski definition) is 2. The molecule has 0 aromatic carbocycles. The van der Waals surface area contributed by atoms with E-state index >= 15 is 0 Å². The maximum absolute atomic E-state index is 11.6. The van der Waals surface area contributed by atoms with Gasteiger partial charge in [0.2, 0.25) is 0 Å². The molecule has 0 aromatic rings. The Morgan fingerprint density at radius 3 is 2.32 bits per heavy atom. The van der Waals surface area contributed by atoms with Gasteiger partial charge in [-0.15, -0.1) is 0 Å². The number of rotatable bonds is 3. The molecule has 0 aliphatic carbocycles. The van der Waals surface area contributed by atoms with Crippen LogP contribution in [-0.2, 0) is 4.74 Å². The molecule has 0 aromatic heterocycles. The van der Waals surface area contributed by atoms with Gasteiger partial charge in [0, 0.05) is 25.7 Å². The Morgan fingerprint density at radius 1 is 1.37 bits per heavy atom. The van der Waals surface area contributed by atoms with E-state index in [4.69, 9.17) is 4.74 Å². The fourth-order valence-corrected chi connectivity index (χ4v) is 2.18. The van der Waals surface area contributed by atoms with Crippen LogP contribution in [0.25, 0.3) is 0 Å². The van der Waals surface area contributed by atoms with Crippen molar-refractivity contribution in [2.24, 2.45) is 0 Å². The first-order valence-corrected chi connectivity index (χ1v) is 7.05. The zero-order chi connectivity index (χ0) is 14.7. The van der Waals surface area contributed by atoms with Gasteiger partial charge in [0.05, 0.1) is 5.60 Å². The second-order valence-corrected chi connectivity index (χ2v) is 6.71. The Kier molecular flexibility index (Phi) is 5.21. The highest BCUT2D eigenvalue weighted by Crippen LogP contribution is 2.22. The number of hydrogen-bond acceptors (Lipinski definition) is 4. The number of carbonyl (C=O) groups excluding carboxylic acids is 1. The van der Waals surface area contributed by atoms with Gasteiger partial charge in [0.1, 0.15) is 5.60 Å². The summed E-state index contributed by atoms with van der Waals surface area (Å²) in [5.41, 5.74) is -1.31. The highest BCUT2D eigenvalue weighted by atomic mass is 16.6. The molecule has 0 atom stereocenters. The SMILES string of the molecule is CC(C)N1CCC(O)(CNC(=O)OC(C)(C)C)CC1. The number of aliphatic hydroxyl groups is 1. The van der Waals surface area contributed by atoms with Crippen molar-refractivity contribution in [1.82, 2.24) is 10.2 Å². The molecule has 112 valence electrons. The van der Waals surface area contributed by atoms with Crippen LogP contribution in [0.15, 0.2) is 0 Å². The Hall–Kier alpha value is -0.810. The van der Waals surface area contributed by atoms with Crippen LogP contribution in [0.3, 0.4) is 0 Å². The smallest absolute Gasteiger partial charge is 0.407 e. The van der Waals surface area contributed by atoms with Crippen LogP contribution in [0.4, 0.5) is 4.79 Å². The highest BCUT2D eigenvalue weighted by molar-refractivity contribution is 5.67. The van der Waals surface area contributed by atoms with Crippen molar-refractivity contribution in [2.75, 3.05) is 19.6 Å². The minimum Gasteiger partial charge on any atom is -0.444 e. The standard InChI is InChI=1S/C14H28N2O3/c1-11(2)16-8-6-14(18,7-9-16)10-15-12(17)19-13(3,4)5/h11,18H,6-10H2,1-5H3,(H,15,17). The summed E-state index contributed by atoms with van der Waals surface area (Å²) in [6, 6.07) is 0.503. The summed E-state index contributed by atoms with van der Waals surface area (Å²) in [6.07, 6.45) is 0.898. The first kappa shape index (κ1) is 16.2. The Labute approximate surface area is 116 Å². The zero-order valence-corrected chi connectivity index (χ0v) is 12.8. The molecule has 5 heteroatoms. The van der Waals surface area contributed by atoms with Gasteiger partial charge in [-0.25, -0.2) is 4.79 Å². The van der Waals surface area contributed by atoms with E-state index < -0.39 is 17.3 Å². The highest BCUT2D eigenvalue weighted by Gasteiger charge is 2.33. The Bertz CT molecular complexity index is 302. The van der Waals surface area contributed by atoms with E-state index in [0.29, 0.717) is 18.9 Å². The molecule has 1 aliphatic rings. The number of nitrogens with one attached hydrogen (secondary N) is 1. The lowest BCUT2D eigenvalue weighted by Gasteiger charge is -2.40. The molecule has 0 bridgehead atoms. The third-order valence-corrected chi connectivity index (χ3v) is 3.42. The lowest BCUT2D eigenvalue weighted by Crippen LogP contribution is -2.52. The molecule has 1 saturated heterocycles. The molecule has 1 rings (SSSR count). The average molecular weight is 272 g/mol. The van der Waals surface area contributed by atoms with Gasteiger partial charge < -0.3 is 20.1 Å². The molecule has 1 amide bonds. The lowest BCUT2D eigenvalue weighted by atomic mass is 9.91. The van der Waals surface area contributed by atoms with Crippen LogP contribution < -0.4 is 5.32 Å². The first-order chi connectivity index (χ1) is 8.61. The molecule has 19 heavy (non-hydrogen) atoms. The van der Waals surface area contributed by atoms with Crippen LogP contribution in [-0.4, -0.2) is 53.0 Å². The van der Waals surface area contributed by atoms with E-state index in [1.54, 1.807) is 0 Å². The third kappa shape index (κ3) is 5.78. The predicted molar refractivity (Wildman–Crippen MR) is 75.1 cm³/mol. The van der Waals surface area contributed by atoms with Crippen molar-refractivity contribution in [1.29, 1.82) is 0 Å². The molecule has 0 spiro atoms. The number of ether oxygens (including phenoxy) is 1. The van der Waals surface area contributed by atoms with Crippen LogP contribution in [0.1, 0.15) is 47.5 Å². The normalized spacial score (nSPS) is 20.4. The molecule has 5 nitrogen and oxygen atoms in total. The summed E-state index contributed by atoms with van der Waals surface area (Å²) in [5, 5.41) is 13.1. The number of piperidine rings is 1. The van der Waals surface area contributed by atoms with Crippen LogP contribution >= 0.6 is 0 Å². The summed E-state index contributed by atoms with van der Waals surface area (Å²) in [5.74, 6) is 0. The summed E-state index contributed by atoms with van der Waals surface area (Å²) >= 11 is 0. The molecular weight excluding hydrogens is 244 g/mol. The van der Waals surface area contributed by atoms with Gasteiger partial charge in [-0.1, -0.05) is 0 Å². The van der Waals surface area contributed by atoms with Gasteiger partial charge in [-0.3, -0.25) is 0 Å². The number of amides is 1. The zero-order valence-electron chi connectivity index (χ0n) is 12.8. The van der Waals surface area contributed by atoms with Gasteiger partial charge in [0.15, 0.2) is 0 Å². The number of carbonyl (C=O) groups is 1. The van der Waals surface area contributed by atoms with Crippen molar-refractivity contribution in [3.05, 3.63) is 0 Å². The first-order valence-electron chi connectivity index (χ1n) is 7.05. The van der Waals surface area contributed by atoms with E-state index in [2.05, 4.69) is 24.1 Å². The molecule has 0 saturated carbocycles. The molecule has 0 unspecified atom stereocenters. The van der Waals surface area contributed by atoms with Crippen molar-refractivity contribution in [3.63, 3.8) is 0 Å². The minimum absolute atomic E-state index is 0.258. The molecule has 2 N–H and O–H groups in total. The largest absolute Gasteiger partial charge is 0.444 e. The second kappa shape index (κ2) is 6.09. The average Bonchev–Trinajstić information content (AvgIpc) is 2.25. The fraction of sp³-hybridized carbons (Fsp3) is 0.929. The van der Waals surface area contributed by atoms with Gasteiger partial charge in [0.25, 0.3) is 0 Å². The Balaban J connectivity index is 2.35. The monoisotopic (exact) mass is 272 g/mol. The topological polar surface area (TPSA) is 61.8 Å². The second-order valence-electron chi connectivity index (χ2n) is 6.71. The van der Waals surface area contributed by atoms with Gasteiger partial charge >= 0.3 is 6.09 Å². The number of alkyl carbamates (subject to hydrolysis) is 1. The third-order valence-electron chi connectivity index (χ3n) is 3.42. The van der Waals surface area contributed by atoms with Crippen molar-refractivity contribution in [3.8, 4) is 0 Å². The molecular formula is C14H28N2O3. The Morgan fingerprint density at radius 2 is 1.89 bits per heavy atom. The molecule has 1 aliphatic heterocycles. The fourth-order valence-electron chi connectivity index (χ4n) is 2.18. The summed E-state index contributed by atoms with van der Waals surface area (Å²) in [6.45, 7) is 11.8. The predicted octanol–water partition coefficient (Wildman–Crippen LogP) is 1.75. The maximum atomic E-state index is 11.6. The van der Waals surface area contributed by atoms with E-state index in [1.165, 1.54) is 0 Å². The van der Waals surface area contributed by atoms with E-state index in [1.807, 2.05) is 20.8 Å². The molecule has 1 heterocycles. The van der Waals surface area contributed by atoms with Gasteiger partial charge in [-0.2, -0.15) is 0 Å².